The van der Waals surface area contributed by atoms with E-state index in [2.05, 4.69) is 10.3 Å². The van der Waals surface area contributed by atoms with Crippen molar-refractivity contribution in [1.82, 2.24) is 5.32 Å². The summed E-state index contributed by atoms with van der Waals surface area (Å²) >= 11 is 0. The van der Waals surface area contributed by atoms with Gasteiger partial charge in [-0.15, -0.1) is 0 Å². The Morgan fingerprint density at radius 1 is 1.15 bits per heavy atom. The summed E-state index contributed by atoms with van der Waals surface area (Å²) in [4.78, 5) is 47.0. The van der Waals surface area contributed by atoms with Crippen LogP contribution in [0.3, 0.4) is 0 Å². The van der Waals surface area contributed by atoms with Gasteiger partial charge in [0.25, 0.3) is 0 Å². The highest BCUT2D eigenvalue weighted by Gasteiger charge is 2.52. The molecule has 16 nitrogen and oxygen atoms in total. The molecular formula is C31H29N3O13. The molecule has 1 saturated heterocycles. The lowest BCUT2D eigenvalue weighted by atomic mass is 9.98. The van der Waals surface area contributed by atoms with Gasteiger partial charge in [-0.25, -0.2) is 4.79 Å². The number of esters is 1. The molecule has 246 valence electrons. The second-order valence-corrected chi connectivity index (χ2v) is 10.8. The number of hydroxylamine groups is 2. The second-order valence-electron chi connectivity index (χ2n) is 10.8. The Kier molecular flexibility index (Phi) is 8.89. The predicted octanol–water partition coefficient (Wildman–Crippen LogP) is -2.76. The van der Waals surface area contributed by atoms with Crippen LogP contribution < -0.4 is 25.7 Å². The lowest BCUT2D eigenvalue weighted by molar-refractivity contribution is -1.05. The summed E-state index contributed by atoms with van der Waals surface area (Å²) in [6.45, 7) is 0.275. The fraction of sp³-hybridized carbons (Fsp3) is 0.290. The van der Waals surface area contributed by atoms with Crippen molar-refractivity contribution in [2.75, 3.05) is 13.6 Å². The number of quaternary nitrogens is 1. The van der Waals surface area contributed by atoms with Gasteiger partial charge in [-0.3, -0.25) is 9.79 Å². The number of carboxylic acid groups (broad SMARTS) is 1. The molecule has 47 heavy (non-hydrogen) atoms. The SMILES string of the molecule is CN[C@H](C(=O)[O-])C(=O)O[C@H](O)[C@H]1O[C@H](Oc2ccc3c(=O)c(-c4ccc(O)cc4)coc3c2)[C@@H](O[NH+]2C=C3C=CN=C3C2)[C@H](O)[C@H]1O. The number of hydrogen-bond donors (Lipinski definition) is 6. The number of carbonyl (C=O) groups excluding carboxylic acids is 2. The van der Waals surface area contributed by atoms with Crippen LogP contribution in [0.15, 0.2) is 87.0 Å². The highest BCUT2D eigenvalue weighted by molar-refractivity contribution is 6.06. The van der Waals surface area contributed by atoms with E-state index in [1.165, 1.54) is 36.6 Å². The van der Waals surface area contributed by atoms with E-state index in [1.807, 2.05) is 0 Å². The molecule has 0 aliphatic carbocycles. The van der Waals surface area contributed by atoms with Gasteiger partial charge >= 0.3 is 5.97 Å². The third-order valence-electron chi connectivity index (χ3n) is 7.80. The molecule has 1 fully saturated rings. The van der Waals surface area contributed by atoms with Crippen LogP contribution in [0.4, 0.5) is 0 Å². The van der Waals surface area contributed by atoms with E-state index in [1.54, 1.807) is 30.6 Å². The highest BCUT2D eigenvalue weighted by atomic mass is 16.8. The average Bonchev–Trinajstić information content (AvgIpc) is 3.64. The zero-order chi connectivity index (χ0) is 33.4. The van der Waals surface area contributed by atoms with E-state index in [0.717, 1.165) is 18.3 Å². The van der Waals surface area contributed by atoms with E-state index in [-0.39, 0.29) is 40.0 Å². The number of carbonyl (C=O) groups is 2. The summed E-state index contributed by atoms with van der Waals surface area (Å²) < 4.78 is 22.3. The van der Waals surface area contributed by atoms with Crippen molar-refractivity contribution in [3.8, 4) is 22.6 Å². The molecule has 3 aliphatic heterocycles. The van der Waals surface area contributed by atoms with Gasteiger partial charge in [0.1, 0.15) is 53.5 Å². The summed E-state index contributed by atoms with van der Waals surface area (Å²) in [5.74, 6) is -3.16. The predicted molar refractivity (Wildman–Crippen MR) is 156 cm³/mol. The molecule has 0 radical (unpaired) electrons. The zero-order valence-electron chi connectivity index (χ0n) is 24.5. The largest absolute Gasteiger partial charge is 0.548 e. The van der Waals surface area contributed by atoms with E-state index in [9.17, 15) is 39.9 Å². The number of phenolic OH excluding ortho intramolecular Hbond substituents is 1. The number of aliphatic hydroxyl groups excluding tert-OH is 3. The number of aromatic hydroxyl groups is 1. The number of likely N-dealkylation sites (N-methyl/N-ethyl adjacent to an activating group) is 1. The van der Waals surface area contributed by atoms with Crippen molar-refractivity contribution < 1.29 is 63.7 Å². The van der Waals surface area contributed by atoms with Crippen LogP contribution >= 0.6 is 0 Å². The first kappa shape index (κ1) is 32.0. The molecule has 0 bridgehead atoms. The Hall–Kier alpha value is -4.94. The van der Waals surface area contributed by atoms with E-state index in [4.69, 9.17) is 23.5 Å². The number of aliphatic imine (C=N–C) groups is 1. The molecule has 0 spiro atoms. The minimum atomic E-state index is -2.26. The number of aliphatic carboxylic acids is 1. The molecule has 0 saturated carbocycles. The smallest absolute Gasteiger partial charge is 0.331 e. The summed E-state index contributed by atoms with van der Waals surface area (Å²) in [5.41, 5.74) is 2.08. The third-order valence-corrected chi connectivity index (χ3v) is 7.80. The molecule has 16 heteroatoms. The fourth-order valence-corrected chi connectivity index (χ4v) is 5.36. The molecule has 1 aromatic heterocycles. The van der Waals surface area contributed by atoms with Crippen molar-refractivity contribution in [3.05, 3.63) is 83.0 Å². The van der Waals surface area contributed by atoms with Crippen molar-refractivity contribution >= 4 is 28.6 Å². The Morgan fingerprint density at radius 3 is 2.62 bits per heavy atom. The number of nitrogens with one attached hydrogen (secondary N) is 2. The van der Waals surface area contributed by atoms with Gasteiger partial charge in [-0.1, -0.05) is 12.1 Å². The molecule has 4 heterocycles. The number of ether oxygens (including phenoxy) is 3. The van der Waals surface area contributed by atoms with Gasteiger partial charge in [0.15, 0.2) is 18.1 Å². The normalized spacial score (nSPS) is 26.3. The van der Waals surface area contributed by atoms with Crippen LogP contribution in [0.25, 0.3) is 22.1 Å². The van der Waals surface area contributed by atoms with Crippen molar-refractivity contribution in [1.29, 1.82) is 0 Å². The number of fused-ring (bicyclic) bond motifs is 2. The van der Waals surface area contributed by atoms with Crippen LogP contribution in [0.5, 0.6) is 11.5 Å². The van der Waals surface area contributed by atoms with Crippen LogP contribution in [-0.2, 0) is 23.9 Å². The second kappa shape index (κ2) is 13.0. The average molecular weight is 652 g/mol. The standard InChI is InChI=1S/C31H29N3O13/c1-32-22(28(39)40)29(41)46-30(42)26-24(37)25(38)27(47-34-11-15-8-9-33-20(15)12-34)31(45-26)44-17-6-7-18-21(10-17)43-13-19(23(18)36)14-2-4-16(35)5-3-14/h2-11,13,22,24-27,30-32,35,37-38,42H,12H2,1H3,(H,39,40)/t22-,24-,25-,26+,27+,30+,31+/m1/s1. The number of hydrogen-bond acceptors (Lipinski definition) is 15. The number of allylic oxidation sites excluding steroid dienone is 1. The maximum absolute atomic E-state index is 13.2. The van der Waals surface area contributed by atoms with Crippen molar-refractivity contribution in [2.45, 2.75) is 43.0 Å². The minimum absolute atomic E-state index is 0.0367. The maximum atomic E-state index is 13.2. The van der Waals surface area contributed by atoms with Crippen LogP contribution in [0.2, 0.25) is 0 Å². The number of nitrogens with zero attached hydrogens (tertiary/aromatic N) is 1. The topological polar surface area (TPSA) is 234 Å². The maximum Gasteiger partial charge on any atom is 0.331 e. The minimum Gasteiger partial charge on any atom is -0.548 e. The number of phenols is 1. The molecular weight excluding hydrogens is 622 g/mol. The van der Waals surface area contributed by atoms with Crippen LogP contribution in [-0.4, -0.2) is 94.7 Å². The first-order valence-electron chi connectivity index (χ1n) is 14.3. The number of aliphatic hydroxyl groups is 3. The Morgan fingerprint density at radius 2 is 1.91 bits per heavy atom. The Balaban J connectivity index is 1.27. The number of rotatable bonds is 10. The van der Waals surface area contributed by atoms with Gasteiger partial charge < -0.3 is 54.3 Å². The molecule has 6 N–H and O–H groups in total. The molecule has 2 aromatic carbocycles. The van der Waals surface area contributed by atoms with Gasteiger partial charge in [0, 0.05) is 12.3 Å². The third kappa shape index (κ3) is 6.38. The van der Waals surface area contributed by atoms with E-state index >= 15 is 0 Å². The van der Waals surface area contributed by atoms with Crippen molar-refractivity contribution in [2.24, 2.45) is 4.99 Å². The Labute approximate surface area is 264 Å². The van der Waals surface area contributed by atoms with E-state index < -0.39 is 55.0 Å². The first-order valence-corrected chi connectivity index (χ1v) is 14.3. The molecule has 3 aliphatic rings. The fourth-order valence-electron chi connectivity index (χ4n) is 5.36. The molecule has 1 unspecified atom stereocenters. The highest BCUT2D eigenvalue weighted by Crippen LogP contribution is 2.30. The lowest BCUT2D eigenvalue weighted by Crippen LogP contribution is -3.07. The van der Waals surface area contributed by atoms with Crippen LogP contribution in [0, 0.1) is 0 Å². The Bertz CT molecular complexity index is 1840. The number of carboxylic acids is 1. The summed E-state index contributed by atoms with van der Waals surface area (Å²) in [6, 6.07) is 8.32. The number of benzene rings is 2. The molecule has 3 aromatic rings. The van der Waals surface area contributed by atoms with E-state index in [0.29, 0.717) is 10.6 Å². The monoisotopic (exact) mass is 651 g/mol. The van der Waals surface area contributed by atoms with Gasteiger partial charge in [-0.2, -0.15) is 9.90 Å². The summed E-state index contributed by atoms with van der Waals surface area (Å²) in [5, 5.41) is 56.2. The summed E-state index contributed by atoms with van der Waals surface area (Å²) in [6.07, 6.45) is -4.42. The lowest BCUT2D eigenvalue weighted by Gasteiger charge is -2.42. The van der Waals surface area contributed by atoms with Crippen LogP contribution in [0.1, 0.15) is 0 Å². The van der Waals surface area contributed by atoms with Gasteiger partial charge in [0.05, 0.1) is 22.5 Å². The quantitative estimate of drug-likeness (QED) is 0.0741. The molecule has 8 atom stereocenters. The zero-order valence-corrected chi connectivity index (χ0v) is 24.5. The first-order chi connectivity index (χ1) is 22.5. The van der Waals surface area contributed by atoms with Gasteiger partial charge in [-0.05, 0) is 43.0 Å². The molecule has 0 amide bonds. The van der Waals surface area contributed by atoms with Gasteiger partial charge in [0.2, 0.25) is 18.7 Å². The molecule has 6 rings (SSSR count). The summed E-state index contributed by atoms with van der Waals surface area (Å²) in [7, 11) is 1.15. The van der Waals surface area contributed by atoms with Crippen molar-refractivity contribution in [3.63, 3.8) is 0 Å².